The number of nitro groups is 1. The fourth-order valence-corrected chi connectivity index (χ4v) is 2.94. The molecule has 4 rings (SSSR count). The van der Waals surface area contributed by atoms with E-state index in [9.17, 15) is 14.9 Å². The number of ether oxygens (including phenoxy) is 1. The van der Waals surface area contributed by atoms with E-state index in [1.54, 1.807) is 31.2 Å². The van der Waals surface area contributed by atoms with Gasteiger partial charge in [0, 0.05) is 17.7 Å². The van der Waals surface area contributed by atoms with Crippen LogP contribution in [0.2, 0.25) is 0 Å². The van der Waals surface area contributed by atoms with Crippen LogP contribution in [0.3, 0.4) is 0 Å². The van der Waals surface area contributed by atoms with Gasteiger partial charge >= 0.3 is 5.97 Å². The third-order valence-corrected chi connectivity index (χ3v) is 4.44. The maximum atomic E-state index is 12.2. The van der Waals surface area contributed by atoms with Crippen LogP contribution < -0.4 is 0 Å². The van der Waals surface area contributed by atoms with Gasteiger partial charge in [0.2, 0.25) is 5.90 Å². The number of furan rings is 1. The highest BCUT2D eigenvalue weighted by atomic mass is 16.6. The summed E-state index contributed by atoms with van der Waals surface area (Å²) in [6.45, 7) is 3.74. The molecule has 0 bridgehead atoms. The van der Waals surface area contributed by atoms with Gasteiger partial charge in [-0.25, -0.2) is 9.79 Å². The van der Waals surface area contributed by atoms with Gasteiger partial charge in [-0.1, -0.05) is 23.8 Å². The van der Waals surface area contributed by atoms with Crippen molar-refractivity contribution in [3.8, 4) is 11.3 Å². The number of hydrogen-bond donors (Lipinski definition) is 0. The van der Waals surface area contributed by atoms with Crippen molar-refractivity contribution in [3.05, 3.63) is 92.9 Å². The van der Waals surface area contributed by atoms with Crippen LogP contribution in [0.15, 0.2) is 69.7 Å². The van der Waals surface area contributed by atoms with Crippen LogP contribution in [-0.2, 0) is 9.53 Å². The van der Waals surface area contributed by atoms with Gasteiger partial charge in [-0.3, -0.25) is 10.1 Å². The number of nitro benzene ring substituents is 1. The van der Waals surface area contributed by atoms with Crippen molar-refractivity contribution in [1.29, 1.82) is 0 Å². The van der Waals surface area contributed by atoms with Crippen molar-refractivity contribution >= 4 is 23.6 Å². The molecular weight excluding hydrogens is 372 g/mol. The molecule has 2 heterocycles. The minimum absolute atomic E-state index is 0.0430. The zero-order valence-electron chi connectivity index (χ0n) is 15.7. The molecule has 29 heavy (non-hydrogen) atoms. The molecule has 144 valence electrons. The number of carbonyl (C=O) groups excluding carboxylic acids is 1. The number of rotatable bonds is 4. The molecule has 0 amide bonds. The first-order valence-electron chi connectivity index (χ1n) is 8.85. The van der Waals surface area contributed by atoms with E-state index in [1.807, 2.05) is 31.2 Å². The summed E-state index contributed by atoms with van der Waals surface area (Å²) in [6.07, 6.45) is 1.45. The molecule has 2 aromatic carbocycles. The maximum Gasteiger partial charge on any atom is 0.363 e. The summed E-state index contributed by atoms with van der Waals surface area (Å²) < 4.78 is 10.9. The molecule has 7 heteroatoms. The highest BCUT2D eigenvalue weighted by Gasteiger charge is 2.25. The van der Waals surface area contributed by atoms with E-state index in [1.165, 1.54) is 12.1 Å². The summed E-state index contributed by atoms with van der Waals surface area (Å²) in [5.74, 6) is 0.315. The average Bonchev–Trinajstić information content (AvgIpc) is 3.29. The molecule has 0 radical (unpaired) electrons. The van der Waals surface area contributed by atoms with Gasteiger partial charge in [-0.05, 0) is 49.7 Å². The third-order valence-electron chi connectivity index (χ3n) is 4.44. The summed E-state index contributed by atoms with van der Waals surface area (Å²) in [6, 6.07) is 15.6. The van der Waals surface area contributed by atoms with Crippen LogP contribution >= 0.6 is 0 Å². The molecule has 3 aromatic rings. The van der Waals surface area contributed by atoms with Crippen molar-refractivity contribution in [2.24, 2.45) is 4.99 Å². The van der Waals surface area contributed by atoms with Gasteiger partial charge in [0.1, 0.15) is 11.5 Å². The van der Waals surface area contributed by atoms with Gasteiger partial charge in [0.05, 0.1) is 10.5 Å². The second-order valence-corrected chi connectivity index (χ2v) is 6.68. The number of benzene rings is 2. The standard InChI is InChI=1S/C22H16N2O5/c1-13-3-6-15(7-4-13)21-23-18(22(25)29-21)12-16-8-10-20(28-16)17-9-5-14(2)11-19(17)24(26)27/h3-12H,1-2H3/b18-12+. The van der Waals surface area contributed by atoms with Crippen LogP contribution in [0, 0.1) is 24.0 Å². The summed E-state index contributed by atoms with van der Waals surface area (Å²) in [7, 11) is 0. The first-order chi connectivity index (χ1) is 13.9. The number of hydrogen-bond acceptors (Lipinski definition) is 6. The van der Waals surface area contributed by atoms with E-state index in [4.69, 9.17) is 9.15 Å². The summed E-state index contributed by atoms with van der Waals surface area (Å²) >= 11 is 0. The van der Waals surface area contributed by atoms with E-state index in [0.29, 0.717) is 22.6 Å². The Morgan fingerprint density at radius 2 is 1.72 bits per heavy atom. The van der Waals surface area contributed by atoms with Crippen LogP contribution in [0.1, 0.15) is 22.5 Å². The van der Waals surface area contributed by atoms with Crippen molar-refractivity contribution in [3.63, 3.8) is 0 Å². The van der Waals surface area contributed by atoms with Crippen molar-refractivity contribution < 1.29 is 18.9 Å². The van der Waals surface area contributed by atoms with Crippen LogP contribution in [0.25, 0.3) is 17.4 Å². The first kappa shape index (κ1) is 18.4. The average molecular weight is 388 g/mol. The number of aryl methyl sites for hydroxylation is 2. The molecule has 0 saturated heterocycles. The van der Waals surface area contributed by atoms with E-state index in [0.717, 1.165) is 11.1 Å². The zero-order chi connectivity index (χ0) is 20.5. The quantitative estimate of drug-likeness (QED) is 0.276. The SMILES string of the molecule is Cc1ccc(C2=N/C(=C/c3ccc(-c4ccc(C)cc4[N+](=O)[O-])o3)C(=O)O2)cc1. The van der Waals surface area contributed by atoms with E-state index >= 15 is 0 Å². The van der Waals surface area contributed by atoms with Gasteiger partial charge in [0.15, 0.2) is 5.70 Å². The van der Waals surface area contributed by atoms with E-state index in [-0.39, 0.29) is 17.3 Å². The maximum absolute atomic E-state index is 12.2. The Balaban J connectivity index is 1.65. The molecule has 0 fully saturated rings. The third kappa shape index (κ3) is 3.70. The Labute approximate surface area is 166 Å². The topological polar surface area (TPSA) is 94.9 Å². The predicted octanol–water partition coefficient (Wildman–Crippen LogP) is 4.82. The zero-order valence-corrected chi connectivity index (χ0v) is 15.7. The van der Waals surface area contributed by atoms with E-state index < -0.39 is 10.9 Å². The number of carbonyl (C=O) groups is 1. The lowest BCUT2D eigenvalue weighted by Crippen LogP contribution is -2.05. The molecular formula is C22H16N2O5. The number of nitrogens with zero attached hydrogens (tertiary/aromatic N) is 2. The van der Waals surface area contributed by atoms with Gasteiger partial charge in [-0.2, -0.15) is 0 Å². The Morgan fingerprint density at radius 3 is 2.45 bits per heavy atom. The Kier molecular flexibility index (Phi) is 4.56. The van der Waals surface area contributed by atoms with Crippen LogP contribution in [0.5, 0.6) is 0 Å². The van der Waals surface area contributed by atoms with E-state index in [2.05, 4.69) is 4.99 Å². The fourth-order valence-electron chi connectivity index (χ4n) is 2.94. The van der Waals surface area contributed by atoms with Gasteiger partial charge in [-0.15, -0.1) is 0 Å². The molecule has 0 N–H and O–H groups in total. The van der Waals surface area contributed by atoms with Crippen LogP contribution in [0.4, 0.5) is 5.69 Å². The van der Waals surface area contributed by atoms with Crippen molar-refractivity contribution in [2.45, 2.75) is 13.8 Å². The highest BCUT2D eigenvalue weighted by molar-refractivity contribution is 6.12. The largest absolute Gasteiger partial charge is 0.456 e. The Hall–Kier alpha value is -4.00. The minimum atomic E-state index is -0.583. The van der Waals surface area contributed by atoms with Crippen molar-refractivity contribution in [1.82, 2.24) is 0 Å². The lowest BCUT2D eigenvalue weighted by molar-refractivity contribution is -0.384. The molecule has 0 unspecified atom stereocenters. The summed E-state index contributed by atoms with van der Waals surface area (Å²) in [4.78, 5) is 27.3. The normalized spacial score (nSPS) is 14.8. The molecule has 0 spiro atoms. The lowest BCUT2D eigenvalue weighted by atomic mass is 10.1. The predicted molar refractivity (Wildman–Crippen MR) is 107 cm³/mol. The van der Waals surface area contributed by atoms with Crippen LogP contribution in [-0.4, -0.2) is 16.8 Å². The number of aliphatic imine (C=N–C) groups is 1. The Morgan fingerprint density at radius 1 is 1.00 bits per heavy atom. The lowest BCUT2D eigenvalue weighted by Gasteiger charge is -2.01. The molecule has 0 atom stereocenters. The minimum Gasteiger partial charge on any atom is -0.456 e. The second kappa shape index (κ2) is 7.20. The Bertz CT molecular complexity index is 1190. The fraction of sp³-hybridized carbons (Fsp3) is 0.0909. The smallest absolute Gasteiger partial charge is 0.363 e. The van der Waals surface area contributed by atoms with Gasteiger partial charge < -0.3 is 9.15 Å². The molecule has 0 aliphatic carbocycles. The molecule has 7 nitrogen and oxygen atoms in total. The summed E-state index contributed by atoms with van der Waals surface area (Å²) in [5, 5.41) is 11.3. The van der Waals surface area contributed by atoms with Gasteiger partial charge in [0.25, 0.3) is 5.69 Å². The molecule has 1 aliphatic heterocycles. The molecule has 0 saturated carbocycles. The molecule has 1 aromatic heterocycles. The van der Waals surface area contributed by atoms with Crippen molar-refractivity contribution in [2.75, 3.05) is 0 Å². The molecule has 1 aliphatic rings. The number of cyclic esters (lactones) is 1. The highest BCUT2D eigenvalue weighted by Crippen LogP contribution is 2.32. The first-order valence-corrected chi connectivity index (χ1v) is 8.85. The number of esters is 1. The second-order valence-electron chi connectivity index (χ2n) is 6.68. The monoisotopic (exact) mass is 388 g/mol. The summed E-state index contributed by atoms with van der Waals surface area (Å²) in [5.41, 5.74) is 2.98.